The average Bonchev–Trinajstić information content (AvgIpc) is 2.16. The predicted molar refractivity (Wildman–Crippen MR) is 55.2 cm³/mol. The van der Waals surface area contributed by atoms with Crippen LogP contribution in [0.3, 0.4) is 0 Å². The monoisotopic (exact) mass is 208 g/mol. The zero-order valence-corrected chi connectivity index (χ0v) is 8.83. The lowest BCUT2D eigenvalue weighted by molar-refractivity contribution is 0.260. The van der Waals surface area contributed by atoms with Gasteiger partial charge < -0.3 is 9.64 Å². The molecule has 0 fully saturated rings. The number of rotatable bonds is 4. The summed E-state index contributed by atoms with van der Waals surface area (Å²) in [7, 11) is 3.85. The van der Waals surface area contributed by atoms with Crippen molar-refractivity contribution in [3.8, 4) is 11.8 Å². The van der Waals surface area contributed by atoms with Crippen molar-refractivity contribution in [3.05, 3.63) is 29.6 Å². The predicted octanol–water partition coefficient (Wildman–Crippen LogP) is 1.64. The summed E-state index contributed by atoms with van der Waals surface area (Å²) in [5, 5.41) is 8.62. The van der Waals surface area contributed by atoms with Gasteiger partial charge in [0.05, 0.1) is 11.6 Å². The fourth-order valence-electron chi connectivity index (χ4n) is 1.06. The highest BCUT2D eigenvalue weighted by Gasteiger charge is 2.01. The first-order chi connectivity index (χ1) is 7.11. The van der Waals surface area contributed by atoms with Crippen LogP contribution in [0.2, 0.25) is 0 Å². The number of ether oxygens (including phenoxy) is 1. The Morgan fingerprint density at radius 1 is 1.40 bits per heavy atom. The Bertz CT molecular complexity index is 371. The van der Waals surface area contributed by atoms with Crippen LogP contribution in [0.15, 0.2) is 18.2 Å². The van der Waals surface area contributed by atoms with E-state index in [1.807, 2.05) is 25.1 Å². The van der Waals surface area contributed by atoms with Crippen LogP contribution in [0.1, 0.15) is 5.56 Å². The molecule has 0 saturated carbocycles. The maximum absolute atomic E-state index is 13.0. The van der Waals surface area contributed by atoms with Crippen LogP contribution in [0.5, 0.6) is 5.75 Å². The van der Waals surface area contributed by atoms with Crippen molar-refractivity contribution in [2.24, 2.45) is 0 Å². The van der Waals surface area contributed by atoms with Crippen molar-refractivity contribution in [1.29, 1.82) is 5.26 Å². The summed E-state index contributed by atoms with van der Waals surface area (Å²) < 4.78 is 18.3. The molecule has 4 heteroatoms. The van der Waals surface area contributed by atoms with Crippen LogP contribution in [-0.2, 0) is 0 Å². The first-order valence-electron chi connectivity index (χ1n) is 4.60. The van der Waals surface area contributed by atoms with E-state index in [1.54, 1.807) is 0 Å². The Morgan fingerprint density at radius 3 is 2.73 bits per heavy atom. The van der Waals surface area contributed by atoms with Gasteiger partial charge in [-0.15, -0.1) is 0 Å². The van der Waals surface area contributed by atoms with Gasteiger partial charge in [0.2, 0.25) is 0 Å². The second-order valence-corrected chi connectivity index (χ2v) is 3.44. The van der Waals surface area contributed by atoms with Gasteiger partial charge in [0.1, 0.15) is 18.2 Å². The minimum atomic E-state index is -0.450. The Hall–Kier alpha value is -1.60. The lowest BCUT2D eigenvalue weighted by Gasteiger charge is -2.11. The minimum Gasteiger partial charge on any atom is -0.492 e. The summed E-state index contributed by atoms with van der Waals surface area (Å²) in [5.74, 6) is -0.0534. The molecule has 0 aliphatic carbocycles. The second-order valence-electron chi connectivity index (χ2n) is 3.44. The van der Waals surface area contributed by atoms with Crippen LogP contribution in [0.25, 0.3) is 0 Å². The molecule has 80 valence electrons. The molecule has 0 unspecified atom stereocenters. The van der Waals surface area contributed by atoms with Gasteiger partial charge in [-0.05, 0) is 26.2 Å². The molecule has 0 aromatic heterocycles. The number of hydrogen-bond acceptors (Lipinski definition) is 3. The van der Waals surface area contributed by atoms with Gasteiger partial charge in [0.15, 0.2) is 0 Å². The highest BCUT2D eigenvalue weighted by atomic mass is 19.1. The molecule has 1 aromatic carbocycles. The highest BCUT2D eigenvalue weighted by Crippen LogP contribution is 2.15. The number of halogens is 1. The molecule has 0 heterocycles. The van der Waals surface area contributed by atoms with Crippen molar-refractivity contribution in [3.63, 3.8) is 0 Å². The lowest BCUT2D eigenvalue weighted by atomic mass is 10.2. The third-order valence-electron chi connectivity index (χ3n) is 1.81. The maximum Gasteiger partial charge on any atom is 0.128 e. The number of nitrogens with zero attached hydrogens (tertiary/aromatic N) is 2. The van der Waals surface area contributed by atoms with Crippen molar-refractivity contribution in [2.45, 2.75) is 0 Å². The average molecular weight is 208 g/mol. The first-order valence-corrected chi connectivity index (χ1v) is 4.60. The van der Waals surface area contributed by atoms with Gasteiger partial charge in [-0.2, -0.15) is 5.26 Å². The molecular weight excluding hydrogens is 195 g/mol. The molecule has 0 spiro atoms. The Labute approximate surface area is 88.7 Å². The Morgan fingerprint density at radius 2 is 2.13 bits per heavy atom. The number of hydrogen-bond donors (Lipinski definition) is 0. The molecule has 0 aliphatic heterocycles. The number of likely N-dealkylation sites (N-methyl/N-ethyl adjacent to an activating group) is 1. The van der Waals surface area contributed by atoms with Crippen LogP contribution in [0, 0.1) is 17.1 Å². The van der Waals surface area contributed by atoms with Crippen molar-refractivity contribution >= 4 is 0 Å². The van der Waals surface area contributed by atoms with Gasteiger partial charge in [-0.3, -0.25) is 0 Å². The van der Waals surface area contributed by atoms with Gasteiger partial charge >= 0.3 is 0 Å². The summed E-state index contributed by atoms with van der Waals surface area (Å²) in [6, 6.07) is 5.86. The van der Waals surface area contributed by atoms with E-state index in [0.717, 1.165) is 6.54 Å². The molecule has 0 amide bonds. The zero-order chi connectivity index (χ0) is 11.3. The molecule has 0 saturated heterocycles. The standard InChI is InChI=1S/C11H13FN2O/c1-14(2)3-4-15-11-6-9(8-13)5-10(12)7-11/h5-7H,3-4H2,1-2H3. The largest absolute Gasteiger partial charge is 0.492 e. The third kappa shape index (κ3) is 3.96. The lowest BCUT2D eigenvalue weighted by Crippen LogP contribution is -2.19. The second kappa shape index (κ2) is 5.32. The summed E-state index contributed by atoms with van der Waals surface area (Å²) in [6.07, 6.45) is 0. The molecule has 0 radical (unpaired) electrons. The van der Waals surface area contributed by atoms with E-state index in [9.17, 15) is 4.39 Å². The van der Waals surface area contributed by atoms with E-state index in [0.29, 0.717) is 12.4 Å². The molecule has 0 bridgehead atoms. The Kier molecular flexibility index (Phi) is 4.07. The van der Waals surface area contributed by atoms with E-state index >= 15 is 0 Å². The number of benzene rings is 1. The van der Waals surface area contributed by atoms with Gasteiger partial charge in [0, 0.05) is 12.6 Å². The van der Waals surface area contributed by atoms with Crippen molar-refractivity contribution < 1.29 is 9.13 Å². The minimum absolute atomic E-state index is 0.273. The van der Waals surface area contributed by atoms with Crippen LogP contribution < -0.4 is 4.74 Å². The van der Waals surface area contributed by atoms with E-state index in [-0.39, 0.29) is 5.56 Å². The number of nitriles is 1. The van der Waals surface area contributed by atoms with E-state index in [1.165, 1.54) is 18.2 Å². The topological polar surface area (TPSA) is 36.3 Å². The van der Waals surface area contributed by atoms with E-state index in [2.05, 4.69) is 0 Å². The maximum atomic E-state index is 13.0. The van der Waals surface area contributed by atoms with Crippen LogP contribution in [0.4, 0.5) is 4.39 Å². The molecule has 0 N–H and O–H groups in total. The highest BCUT2D eigenvalue weighted by molar-refractivity contribution is 5.36. The van der Waals surface area contributed by atoms with E-state index < -0.39 is 5.82 Å². The van der Waals surface area contributed by atoms with Gasteiger partial charge in [-0.25, -0.2) is 4.39 Å². The molecule has 1 aromatic rings. The van der Waals surface area contributed by atoms with Crippen molar-refractivity contribution in [1.82, 2.24) is 4.90 Å². The molecule has 1 rings (SSSR count). The van der Waals surface area contributed by atoms with E-state index in [4.69, 9.17) is 10.00 Å². The summed E-state index contributed by atoms with van der Waals surface area (Å²) >= 11 is 0. The fourth-order valence-corrected chi connectivity index (χ4v) is 1.06. The molecule has 15 heavy (non-hydrogen) atoms. The van der Waals surface area contributed by atoms with Crippen LogP contribution >= 0.6 is 0 Å². The molecule has 3 nitrogen and oxygen atoms in total. The normalized spacial score (nSPS) is 10.1. The first kappa shape index (κ1) is 11.5. The Balaban J connectivity index is 2.61. The fraction of sp³-hybridized carbons (Fsp3) is 0.364. The van der Waals surface area contributed by atoms with Crippen LogP contribution in [-0.4, -0.2) is 32.1 Å². The zero-order valence-electron chi connectivity index (χ0n) is 8.83. The van der Waals surface area contributed by atoms with Gasteiger partial charge in [-0.1, -0.05) is 0 Å². The van der Waals surface area contributed by atoms with Crippen molar-refractivity contribution in [2.75, 3.05) is 27.2 Å². The molecule has 0 aliphatic rings. The summed E-state index contributed by atoms with van der Waals surface area (Å²) in [6.45, 7) is 1.22. The summed E-state index contributed by atoms with van der Waals surface area (Å²) in [5.41, 5.74) is 0.273. The quantitative estimate of drug-likeness (QED) is 0.754. The molecule has 0 atom stereocenters. The van der Waals surface area contributed by atoms with Gasteiger partial charge in [0.25, 0.3) is 0 Å². The third-order valence-corrected chi connectivity index (χ3v) is 1.81. The summed E-state index contributed by atoms with van der Waals surface area (Å²) in [4.78, 5) is 1.96. The SMILES string of the molecule is CN(C)CCOc1cc(F)cc(C#N)c1. The smallest absolute Gasteiger partial charge is 0.128 e. The molecular formula is C11H13FN2O.